The van der Waals surface area contributed by atoms with Crippen LogP contribution >= 0.6 is 27.3 Å². The number of aryl methyl sites for hydroxylation is 2. The molecule has 0 fully saturated rings. The molecule has 132 valence electrons. The van der Waals surface area contributed by atoms with E-state index in [-0.39, 0.29) is 0 Å². The SMILES string of the molecule is CCNC(=NCc1cc(Br)cs1)NCC(C)(O)c1cc(C)oc1C. The van der Waals surface area contributed by atoms with Crippen LogP contribution in [0.3, 0.4) is 0 Å². The van der Waals surface area contributed by atoms with Crippen molar-refractivity contribution in [3.05, 3.63) is 43.9 Å². The minimum absolute atomic E-state index is 0.340. The van der Waals surface area contributed by atoms with E-state index in [4.69, 9.17) is 4.42 Å². The number of aliphatic imine (C=N–C) groups is 1. The Morgan fingerprint density at radius 3 is 2.67 bits per heavy atom. The molecule has 2 aromatic heterocycles. The average Bonchev–Trinajstić information content (AvgIpc) is 3.07. The molecule has 5 nitrogen and oxygen atoms in total. The Balaban J connectivity index is 2.03. The molecule has 2 aromatic rings. The van der Waals surface area contributed by atoms with Crippen LogP contribution in [0.2, 0.25) is 0 Å². The van der Waals surface area contributed by atoms with Gasteiger partial charge in [-0.2, -0.15) is 0 Å². The monoisotopic (exact) mass is 413 g/mol. The molecule has 0 aliphatic heterocycles. The minimum Gasteiger partial charge on any atom is -0.466 e. The zero-order valence-electron chi connectivity index (χ0n) is 14.4. The molecule has 2 heterocycles. The molecule has 0 amide bonds. The highest BCUT2D eigenvalue weighted by Crippen LogP contribution is 2.26. The van der Waals surface area contributed by atoms with Gasteiger partial charge in [-0.15, -0.1) is 11.3 Å². The summed E-state index contributed by atoms with van der Waals surface area (Å²) in [5.41, 5.74) is -0.241. The van der Waals surface area contributed by atoms with Crippen molar-refractivity contribution in [3.63, 3.8) is 0 Å². The van der Waals surface area contributed by atoms with Gasteiger partial charge in [0.2, 0.25) is 0 Å². The van der Waals surface area contributed by atoms with Gasteiger partial charge in [0.15, 0.2) is 5.96 Å². The summed E-state index contributed by atoms with van der Waals surface area (Å²) >= 11 is 5.11. The number of nitrogens with zero attached hydrogens (tertiary/aromatic N) is 1. The highest BCUT2D eigenvalue weighted by Gasteiger charge is 2.27. The fraction of sp³-hybridized carbons (Fsp3) is 0.471. The summed E-state index contributed by atoms with van der Waals surface area (Å²) in [5.74, 6) is 2.22. The predicted octanol–water partition coefficient (Wildman–Crippen LogP) is 3.68. The third kappa shape index (κ3) is 5.09. The average molecular weight is 414 g/mol. The number of furan rings is 1. The summed E-state index contributed by atoms with van der Waals surface area (Å²) in [6.45, 7) is 9.23. The fourth-order valence-corrected chi connectivity index (χ4v) is 3.83. The van der Waals surface area contributed by atoms with Crippen molar-refractivity contribution in [2.24, 2.45) is 4.99 Å². The van der Waals surface area contributed by atoms with Gasteiger partial charge in [0.25, 0.3) is 0 Å². The van der Waals surface area contributed by atoms with Crippen molar-refractivity contribution in [1.29, 1.82) is 0 Å². The molecule has 0 aliphatic carbocycles. The molecule has 0 aliphatic rings. The maximum atomic E-state index is 10.8. The lowest BCUT2D eigenvalue weighted by Gasteiger charge is -2.24. The zero-order chi connectivity index (χ0) is 17.7. The Hall–Kier alpha value is -1.31. The van der Waals surface area contributed by atoms with Gasteiger partial charge in [-0.3, -0.25) is 0 Å². The highest BCUT2D eigenvalue weighted by molar-refractivity contribution is 9.10. The van der Waals surface area contributed by atoms with E-state index in [1.165, 1.54) is 4.88 Å². The molecule has 7 heteroatoms. The van der Waals surface area contributed by atoms with E-state index < -0.39 is 5.60 Å². The van der Waals surface area contributed by atoms with Gasteiger partial charge in [-0.1, -0.05) is 0 Å². The van der Waals surface area contributed by atoms with Crippen molar-refractivity contribution in [2.45, 2.75) is 39.8 Å². The van der Waals surface area contributed by atoms with Crippen molar-refractivity contribution in [1.82, 2.24) is 10.6 Å². The van der Waals surface area contributed by atoms with Gasteiger partial charge in [0.1, 0.15) is 17.1 Å². The Kier molecular flexibility index (Phi) is 6.48. The number of rotatable bonds is 6. The van der Waals surface area contributed by atoms with Crippen molar-refractivity contribution >= 4 is 33.2 Å². The second-order valence-corrected chi connectivity index (χ2v) is 7.79. The molecular weight excluding hydrogens is 390 g/mol. The molecule has 0 saturated carbocycles. The van der Waals surface area contributed by atoms with E-state index in [0.29, 0.717) is 19.0 Å². The Morgan fingerprint density at radius 2 is 2.12 bits per heavy atom. The van der Waals surface area contributed by atoms with E-state index in [1.807, 2.05) is 32.2 Å². The van der Waals surface area contributed by atoms with Crippen LogP contribution in [0.1, 0.15) is 35.8 Å². The third-order valence-electron chi connectivity index (χ3n) is 3.58. The summed E-state index contributed by atoms with van der Waals surface area (Å²) in [4.78, 5) is 5.74. The second kappa shape index (κ2) is 8.18. The van der Waals surface area contributed by atoms with Crippen molar-refractivity contribution in [2.75, 3.05) is 13.1 Å². The number of hydrogen-bond donors (Lipinski definition) is 3. The summed E-state index contributed by atoms with van der Waals surface area (Å²) in [6, 6.07) is 3.94. The molecule has 0 radical (unpaired) electrons. The first-order chi connectivity index (χ1) is 11.3. The molecule has 1 atom stereocenters. The van der Waals surface area contributed by atoms with Gasteiger partial charge < -0.3 is 20.2 Å². The third-order valence-corrected chi connectivity index (χ3v) is 5.26. The fourth-order valence-electron chi connectivity index (χ4n) is 2.45. The summed E-state index contributed by atoms with van der Waals surface area (Å²) < 4.78 is 6.60. The Morgan fingerprint density at radius 1 is 1.38 bits per heavy atom. The van der Waals surface area contributed by atoms with Crippen molar-refractivity contribution < 1.29 is 9.52 Å². The number of halogens is 1. The lowest BCUT2D eigenvalue weighted by atomic mass is 9.96. The number of thiophene rings is 1. The first kappa shape index (κ1) is 19.0. The van der Waals surface area contributed by atoms with E-state index in [0.717, 1.165) is 28.1 Å². The smallest absolute Gasteiger partial charge is 0.191 e. The van der Waals surface area contributed by atoms with Crippen LogP contribution in [-0.2, 0) is 12.1 Å². The van der Waals surface area contributed by atoms with Crippen LogP contribution < -0.4 is 10.6 Å². The van der Waals surface area contributed by atoms with Gasteiger partial charge in [-0.25, -0.2) is 4.99 Å². The molecule has 0 spiro atoms. The Bertz CT molecular complexity index is 707. The summed E-state index contributed by atoms with van der Waals surface area (Å²) in [6.07, 6.45) is 0. The maximum absolute atomic E-state index is 10.8. The number of hydrogen-bond acceptors (Lipinski definition) is 4. The van der Waals surface area contributed by atoms with Crippen LogP contribution in [-0.4, -0.2) is 24.2 Å². The Labute approximate surface area is 155 Å². The normalized spacial score (nSPS) is 14.5. The lowest BCUT2D eigenvalue weighted by molar-refractivity contribution is 0.0601. The van der Waals surface area contributed by atoms with Crippen molar-refractivity contribution in [3.8, 4) is 0 Å². The largest absolute Gasteiger partial charge is 0.466 e. The molecule has 0 aromatic carbocycles. The number of aliphatic hydroxyl groups is 1. The summed E-state index contributed by atoms with van der Waals surface area (Å²) in [7, 11) is 0. The predicted molar refractivity (Wildman–Crippen MR) is 103 cm³/mol. The first-order valence-corrected chi connectivity index (χ1v) is 9.54. The van der Waals surface area contributed by atoms with Gasteiger partial charge >= 0.3 is 0 Å². The van der Waals surface area contributed by atoms with Gasteiger partial charge in [0.05, 0.1) is 13.1 Å². The summed E-state index contributed by atoms with van der Waals surface area (Å²) in [5, 5.41) is 19.2. The zero-order valence-corrected chi connectivity index (χ0v) is 16.8. The second-order valence-electron chi connectivity index (χ2n) is 5.88. The van der Waals surface area contributed by atoms with Crippen LogP contribution in [0.4, 0.5) is 0 Å². The van der Waals surface area contributed by atoms with Crippen LogP contribution in [0, 0.1) is 13.8 Å². The first-order valence-electron chi connectivity index (χ1n) is 7.87. The van der Waals surface area contributed by atoms with Crippen LogP contribution in [0.15, 0.2) is 31.4 Å². The van der Waals surface area contributed by atoms with E-state index in [9.17, 15) is 5.11 Å². The van der Waals surface area contributed by atoms with E-state index in [2.05, 4.69) is 37.6 Å². The van der Waals surface area contributed by atoms with E-state index in [1.54, 1.807) is 18.3 Å². The molecule has 1 unspecified atom stereocenters. The van der Waals surface area contributed by atoms with Crippen LogP contribution in [0.5, 0.6) is 0 Å². The number of guanidine groups is 1. The van der Waals surface area contributed by atoms with Crippen LogP contribution in [0.25, 0.3) is 0 Å². The lowest BCUT2D eigenvalue weighted by Crippen LogP contribution is -2.44. The molecule has 3 N–H and O–H groups in total. The highest BCUT2D eigenvalue weighted by atomic mass is 79.9. The molecule has 2 rings (SSSR count). The quantitative estimate of drug-likeness (QED) is 0.498. The van der Waals surface area contributed by atoms with E-state index >= 15 is 0 Å². The molecule has 0 saturated heterocycles. The molecular formula is C17H24BrN3O2S. The standard InChI is InChI=1S/C17H24BrN3O2S/c1-5-19-16(20-8-14-7-13(18)9-24-14)21-10-17(4,22)15-6-11(2)23-12(15)3/h6-7,9,22H,5,8,10H2,1-4H3,(H2,19,20,21). The topological polar surface area (TPSA) is 69.8 Å². The maximum Gasteiger partial charge on any atom is 0.191 e. The van der Waals surface area contributed by atoms with Gasteiger partial charge in [0, 0.05) is 26.8 Å². The molecule has 24 heavy (non-hydrogen) atoms. The van der Waals surface area contributed by atoms with Gasteiger partial charge in [-0.05, 0) is 55.8 Å². The number of nitrogens with one attached hydrogen (secondary N) is 2. The molecule has 0 bridgehead atoms. The minimum atomic E-state index is -1.04.